The molecule has 0 aliphatic carbocycles. The number of aryl methyl sites for hydroxylation is 2. The summed E-state index contributed by atoms with van der Waals surface area (Å²) in [6.45, 7) is 4.06. The minimum atomic E-state index is 0.327. The van der Waals surface area contributed by atoms with Gasteiger partial charge in [-0.05, 0) is 31.0 Å². The zero-order valence-corrected chi connectivity index (χ0v) is 12.2. The second-order valence-electron chi connectivity index (χ2n) is 5.33. The number of para-hydroxylation sites is 1. The smallest absolute Gasteiger partial charge is 0.119 e. The van der Waals surface area contributed by atoms with Crippen molar-refractivity contribution in [2.24, 2.45) is 0 Å². The zero-order valence-electron chi connectivity index (χ0n) is 12.2. The van der Waals surface area contributed by atoms with Crippen molar-refractivity contribution in [1.29, 1.82) is 0 Å². The lowest BCUT2D eigenvalue weighted by molar-refractivity contribution is 0.469. The molecule has 0 bridgehead atoms. The van der Waals surface area contributed by atoms with Gasteiger partial charge in [0, 0.05) is 12.0 Å². The second kappa shape index (κ2) is 5.44. The van der Waals surface area contributed by atoms with Crippen molar-refractivity contribution in [3.63, 3.8) is 0 Å². The lowest BCUT2D eigenvalue weighted by Gasteiger charge is -2.07. The number of nitrogens with zero attached hydrogens (tertiary/aromatic N) is 1. The standard InChI is InChI=1S/C18H18N2O/c1-12-7-9-14(10-8-12)18-16(13(2)19-20-18)11-15-5-3-4-6-17(15)21/h3-10,21H,11H2,1-2H3,(H,19,20). The monoisotopic (exact) mass is 278 g/mol. The summed E-state index contributed by atoms with van der Waals surface area (Å²) in [5.74, 6) is 0.327. The molecule has 0 atom stereocenters. The van der Waals surface area contributed by atoms with Crippen molar-refractivity contribution >= 4 is 0 Å². The predicted octanol–water partition coefficient (Wildman–Crippen LogP) is 3.99. The maximum absolute atomic E-state index is 9.97. The van der Waals surface area contributed by atoms with Gasteiger partial charge in [-0.1, -0.05) is 48.0 Å². The first-order valence-electron chi connectivity index (χ1n) is 7.03. The van der Waals surface area contributed by atoms with E-state index in [4.69, 9.17) is 0 Å². The molecule has 2 aromatic carbocycles. The molecule has 3 heteroatoms. The van der Waals surface area contributed by atoms with Gasteiger partial charge in [0.1, 0.15) is 5.75 Å². The average Bonchev–Trinajstić information content (AvgIpc) is 2.84. The van der Waals surface area contributed by atoms with E-state index in [1.165, 1.54) is 5.56 Å². The first-order chi connectivity index (χ1) is 10.1. The third kappa shape index (κ3) is 2.68. The van der Waals surface area contributed by atoms with Crippen LogP contribution in [-0.2, 0) is 6.42 Å². The number of phenols is 1. The Bertz CT molecular complexity index is 757. The highest BCUT2D eigenvalue weighted by atomic mass is 16.3. The average molecular weight is 278 g/mol. The molecule has 0 aliphatic rings. The van der Waals surface area contributed by atoms with E-state index in [1.807, 2.05) is 25.1 Å². The van der Waals surface area contributed by atoms with Crippen molar-refractivity contribution in [2.75, 3.05) is 0 Å². The van der Waals surface area contributed by atoms with Crippen LogP contribution < -0.4 is 0 Å². The molecular weight excluding hydrogens is 260 g/mol. The molecule has 0 saturated heterocycles. The van der Waals surface area contributed by atoms with E-state index in [0.29, 0.717) is 12.2 Å². The van der Waals surface area contributed by atoms with Crippen LogP contribution in [0.3, 0.4) is 0 Å². The number of benzene rings is 2. The van der Waals surface area contributed by atoms with Gasteiger partial charge < -0.3 is 5.11 Å². The van der Waals surface area contributed by atoms with Crippen LogP contribution in [0.1, 0.15) is 22.4 Å². The van der Waals surface area contributed by atoms with Gasteiger partial charge >= 0.3 is 0 Å². The maximum atomic E-state index is 9.97. The molecule has 0 saturated carbocycles. The Morgan fingerprint density at radius 1 is 1.00 bits per heavy atom. The minimum absolute atomic E-state index is 0.327. The molecular formula is C18H18N2O. The number of H-pyrrole nitrogens is 1. The summed E-state index contributed by atoms with van der Waals surface area (Å²) >= 11 is 0. The largest absolute Gasteiger partial charge is 0.508 e. The molecule has 3 nitrogen and oxygen atoms in total. The highest BCUT2D eigenvalue weighted by Gasteiger charge is 2.13. The minimum Gasteiger partial charge on any atom is -0.508 e. The molecule has 21 heavy (non-hydrogen) atoms. The van der Waals surface area contributed by atoms with Crippen LogP contribution >= 0.6 is 0 Å². The molecule has 2 N–H and O–H groups in total. The Kier molecular flexibility index (Phi) is 3.48. The first-order valence-corrected chi connectivity index (χ1v) is 7.03. The number of rotatable bonds is 3. The molecule has 106 valence electrons. The highest BCUT2D eigenvalue weighted by Crippen LogP contribution is 2.28. The van der Waals surface area contributed by atoms with Gasteiger partial charge in [0.25, 0.3) is 0 Å². The quantitative estimate of drug-likeness (QED) is 0.761. The highest BCUT2D eigenvalue weighted by molar-refractivity contribution is 5.65. The normalized spacial score (nSPS) is 10.8. The van der Waals surface area contributed by atoms with Crippen LogP contribution in [0.15, 0.2) is 48.5 Å². The van der Waals surface area contributed by atoms with Crippen LogP contribution in [0.4, 0.5) is 0 Å². The van der Waals surface area contributed by atoms with Crippen LogP contribution in [0.25, 0.3) is 11.3 Å². The summed E-state index contributed by atoms with van der Waals surface area (Å²) < 4.78 is 0. The Morgan fingerprint density at radius 3 is 2.43 bits per heavy atom. The third-order valence-corrected chi connectivity index (χ3v) is 3.77. The van der Waals surface area contributed by atoms with Crippen LogP contribution in [0.2, 0.25) is 0 Å². The van der Waals surface area contributed by atoms with Gasteiger partial charge in [-0.3, -0.25) is 5.10 Å². The van der Waals surface area contributed by atoms with Crippen molar-refractivity contribution in [1.82, 2.24) is 10.2 Å². The fraction of sp³-hybridized carbons (Fsp3) is 0.167. The molecule has 0 unspecified atom stereocenters. The van der Waals surface area contributed by atoms with Crippen molar-refractivity contribution in [3.8, 4) is 17.0 Å². The fourth-order valence-corrected chi connectivity index (χ4v) is 2.48. The van der Waals surface area contributed by atoms with Crippen molar-refractivity contribution < 1.29 is 5.11 Å². The molecule has 3 aromatic rings. The van der Waals surface area contributed by atoms with Gasteiger partial charge in [0.15, 0.2) is 0 Å². The van der Waals surface area contributed by atoms with E-state index in [2.05, 4.69) is 41.4 Å². The second-order valence-corrected chi connectivity index (χ2v) is 5.33. The summed E-state index contributed by atoms with van der Waals surface area (Å²) in [7, 11) is 0. The SMILES string of the molecule is Cc1ccc(-c2[nH]nc(C)c2Cc2ccccc2O)cc1. The molecule has 0 fully saturated rings. The number of hydrogen-bond acceptors (Lipinski definition) is 2. The maximum Gasteiger partial charge on any atom is 0.119 e. The number of phenolic OH excluding ortho intramolecular Hbond substituents is 1. The molecule has 0 amide bonds. The Labute approximate surface area is 124 Å². The van der Waals surface area contributed by atoms with Crippen LogP contribution in [0.5, 0.6) is 5.75 Å². The van der Waals surface area contributed by atoms with Gasteiger partial charge in [-0.25, -0.2) is 0 Å². The van der Waals surface area contributed by atoms with Gasteiger partial charge in [0.2, 0.25) is 0 Å². The number of aromatic nitrogens is 2. The lowest BCUT2D eigenvalue weighted by atomic mass is 9.98. The number of nitrogens with one attached hydrogen (secondary N) is 1. The molecule has 1 heterocycles. The third-order valence-electron chi connectivity index (χ3n) is 3.77. The van der Waals surface area contributed by atoms with Crippen molar-refractivity contribution in [2.45, 2.75) is 20.3 Å². The number of aromatic amines is 1. The number of aromatic hydroxyl groups is 1. The van der Waals surface area contributed by atoms with E-state index in [0.717, 1.165) is 28.1 Å². The summed E-state index contributed by atoms with van der Waals surface area (Å²) in [6, 6.07) is 15.8. The van der Waals surface area contributed by atoms with E-state index < -0.39 is 0 Å². The van der Waals surface area contributed by atoms with Crippen molar-refractivity contribution in [3.05, 3.63) is 70.9 Å². The Morgan fingerprint density at radius 2 is 1.71 bits per heavy atom. The summed E-state index contributed by atoms with van der Waals surface area (Å²) in [6.07, 6.45) is 0.665. The Hall–Kier alpha value is -2.55. The topological polar surface area (TPSA) is 48.9 Å². The fourth-order valence-electron chi connectivity index (χ4n) is 2.48. The van der Waals surface area contributed by atoms with Gasteiger partial charge in [-0.2, -0.15) is 5.10 Å². The summed E-state index contributed by atoms with van der Waals surface area (Å²) in [5.41, 5.74) is 6.38. The first kappa shape index (κ1) is 13.4. The number of hydrogen-bond donors (Lipinski definition) is 2. The Balaban J connectivity index is 2.01. The van der Waals surface area contributed by atoms with E-state index in [9.17, 15) is 5.11 Å². The van der Waals surface area contributed by atoms with E-state index in [1.54, 1.807) is 6.07 Å². The van der Waals surface area contributed by atoms with Crippen LogP contribution in [0, 0.1) is 13.8 Å². The molecule has 0 radical (unpaired) electrons. The molecule has 1 aromatic heterocycles. The summed E-state index contributed by atoms with van der Waals surface area (Å²) in [4.78, 5) is 0. The lowest BCUT2D eigenvalue weighted by Crippen LogP contribution is -1.93. The predicted molar refractivity (Wildman–Crippen MR) is 84.4 cm³/mol. The molecule has 0 spiro atoms. The van der Waals surface area contributed by atoms with Gasteiger partial charge in [0.05, 0.1) is 11.4 Å². The van der Waals surface area contributed by atoms with Gasteiger partial charge in [-0.15, -0.1) is 0 Å². The molecule has 3 rings (SSSR count). The zero-order chi connectivity index (χ0) is 14.8. The van der Waals surface area contributed by atoms with Crippen LogP contribution in [-0.4, -0.2) is 15.3 Å². The summed E-state index contributed by atoms with van der Waals surface area (Å²) in [5, 5.41) is 17.4. The van der Waals surface area contributed by atoms with E-state index >= 15 is 0 Å². The van der Waals surface area contributed by atoms with E-state index in [-0.39, 0.29) is 0 Å². The molecule has 0 aliphatic heterocycles.